The van der Waals surface area contributed by atoms with Crippen molar-refractivity contribution >= 4 is 24.0 Å². The topological polar surface area (TPSA) is 3.24 Å². The number of benzene rings is 1. The van der Waals surface area contributed by atoms with Crippen molar-refractivity contribution in [3.8, 4) is 0 Å². The van der Waals surface area contributed by atoms with Crippen LogP contribution in [0.4, 0.5) is 0 Å². The van der Waals surface area contributed by atoms with Gasteiger partial charge in [-0.25, -0.2) is 0 Å². The molecule has 0 aromatic heterocycles. The molecule has 0 heterocycles. The van der Waals surface area contributed by atoms with E-state index >= 15 is 0 Å². The molecule has 2 heteroatoms. The van der Waals surface area contributed by atoms with Gasteiger partial charge in [0, 0.05) is 6.04 Å². The number of rotatable bonds is 2. The van der Waals surface area contributed by atoms with Gasteiger partial charge < -0.3 is 4.90 Å². The van der Waals surface area contributed by atoms with Crippen LogP contribution in [0.15, 0.2) is 30.3 Å². The molecule has 1 aliphatic rings. The average Bonchev–Trinajstić information content (AvgIpc) is 2.52. The first-order valence-electron chi connectivity index (χ1n) is 7.98. The predicted octanol–water partition coefficient (Wildman–Crippen LogP) is 6.58. The van der Waals surface area contributed by atoms with Gasteiger partial charge in [-0.2, -0.15) is 0 Å². The highest BCUT2D eigenvalue weighted by Crippen LogP contribution is 2.34. The molecular weight excluding hydrogens is 369 g/mol. The lowest BCUT2D eigenvalue weighted by Gasteiger charge is -2.33. The maximum absolute atomic E-state index is 2.38. The Morgan fingerprint density at radius 2 is 1.43 bits per heavy atom. The fraction of sp³-hybridized carbons (Fsp3) is 0.684. The molecule has 1 fully saturated rings. The maximum Gasteiger partial charge on any atom is 0.00949 e. The summed E-state index contributed by atoms with van der Waals surface area (Å²) in [5, 5.41) is 0. The van der Waals surface area contributed by atoms with Crippen molar-refractivity contribution in [1.82, 2.24) is 4.90 Å². The summed E-state index contributed by atoms with van der Waals surface area (Å²) in [7, 11) is 4.41. The third kappa shape index (κ3) is 9.51. The minimum Gasteiger partial charge on any atom is -0.306 e. The Morgan fingerprint density at radius 1 is 0.905 bits per heavy atom. The minimum atomic E-state index is 0. The first-order valence-corrected chi connectivity index (χ1v) is 7.98. The zero-order chi connectivity index (χ0) is 14.7. The fourth-order valence-electron chi connectivity index (χ4n) is 2.66. The van der Waals surface area contributed by atoms with Gasteiger partial charge in [0.2, 0.25) is 0 Å². The van der Waals surface area contributed by atoms with Gasteiger partial charge in [-0.1, -0.05) is 71.9 Å². The Balaban J connectivity index is -0.000000499. The van der Waals surface area contributed by atoms with Crippen molar-refractivity contribution in [1.29, 1.82) is 0 Å². The van der Waals surface area contributed by atoms with E-state index in [9.17, 15) is 0 Å². The Bertz CT molecular complexity index is 298. The molecule has 1 aliphatic carbocycles. The standard InChI is InChI=1S/C14H21N.2C2H6.CH4.HI/c1-15(2)14-10-6-9-13(11-14)12-7-4-3-5-8-12;2*1-2;;/h3-5,7-8,13-14H,6,9-11H2,1-2H3;2*1-2H3;1H4;1H/t13-,14+;;;;/m0..../s1. The van der Waals surface area contributed by atoms with Crippen LogP contribution < -0.4 is 0 Å². The van der Waals surface area contributed by atoms with Crippen LogP contribution in [0.5, 0.6) is 0 Å². The summed E-state index contributed by atoms with van der Waals surface area (Å²) in [6, 6.07) is 11.8. The van der Waals surface area contributed by atoms with Crippen LogP contribution in [-0.4, -0.2) is 25.0 Å². The lowest BCUT2D eigenvalue weighted by molar-refractivity contribution is 0.213. The lowest BCUT2D eigenvalue weighted by atomic mass is 9.81. The SMILES string of the molecule is C.CC.CC.CN(C)[C@@H]1CCC[C@H](c2ccccc2)C1.I. The van der Waals surface area contributed by atoms with E-state index in [0.29, 0.717) is 0 Å². The second-order valence-corrected chi connectivity index (χ2v) is 4.89. The number of halogens is 1. The zero-order valence-electron chi connectivity index (χ0n) is 14.2. The van der Waals surface area contributed by atoms with Gasteiger partial charge in [0.05, 0.1) is 0 Å². The average molecular weight is 407 g/mol. The highest BCUT2D eigenvalue weighted by atomic mass is 127. The van der Waals surface area contributed by atoms with Crippen LogP contribution in [-0.2, 0) is 0 Å². The smallest absolute Gasteiger partial charge is 0.00949 e. The van der Waals surface area contributed by atoms with Crippen LogP contribution in [0.3, 0.4) is 0 Å². The molecule has 0 amide bonds. The Labute approximate surface area is 151 Å². The van der Waals surface area contributed by atoms with Crippen LogP contribution in [0.25, 0.3) is 0 Å². The van der Waals surface area contributed by atoms with Gasteiger partial charge >= 0.3 is 0 Å². The van der Waals surface area contributed by atoms with E-state index in [0.717, 1.165) is 12.0 Å². The van der Waals surface area contributed by atoms with E-state index in [1.165, 1.54) is 31.2 Å². The molecule has 1 nitrogen and oxygen atoms in total. The van der Waals surface area contributed by atoms with E-state index < -0.39 is 0 Å². The van der Waals surface area contributed by atoms with E-state index in [2.05, 4.69) is 49.3 Å². The Morgan fingerprint density at radius 3 is 1.90 bits per heavy atom. The molecular formula is C19H38IN. The Kier molecular flexibility index (Phi) is 20.0. The van der Waals surface area contributed by atoms with E-state index in [-0.39, 0.29) is 31.4 Å². The van der Waals surface area contributed by atoms with Crippen LogP contribution in [0.2, 0.25) is 0 Å². The second kappa shape index (κ2) is 16.3. The summed E-state index contributed by atoms with van der Waals surface area (Å²) in [5.41, 5.74) is 1.53. The molecule has 0 spiro atoms. The molecule has 0 radical (unpaired) electrons. The van der Waals surface area contributed by atoms with Gasteiger partial charge in [0.15, 0.2) is 0 Å². The summed E-state index contributed by atoms with van der Waals surface area (Å²) < 4.78 is 0. The molecule has 0 N–H and O–H groups in total. The van der Waals surface area contributed by atoms with Crippen molar-refractivity contribution in [2.45, 2.75) is 72.8 Å². The van der Waals surface area contributed by atoms with Crippen molar-refractivity contribution in [3.05, 3.63) is 35.9 Å². The first-order chi connectivity index (χ1) is 9.27. The molecule has 1 saturated carbocycles. The summed E-state index contributed by atoms with van der Waals surface area (Å²) in [4.78, 5) is 2.38. The fourth-order valence-corrected chi connectivity index (χ4v) is 2.66. The van der Waals surface area contributed by atoms with E-state index in [1.807, 2.05) is 27.7 Å². The number of hydrogen-bond acceptors (Lipinski definition) is 1. The van der Waals surface area contributed by atoms with Gasteiger partial charge in [0.25, 0.3) is 0 Å². The largest absolute Gasteiger partial charge is 0.306 e. The summed E-state index contributed by atoms with van der Waals surface area (Å²) in [5.74, 6) is 0.785. The van der Waals surface area contributed by atoms with Crippen LogP contribution in [0, 0.1) is 0 Å². The quantitative estimate of drug-likeness (QED) is 0.501. The molecule has 2 atom stereocenters. The molecule has 0 saturated heterocycles. The molecule has 0 bridgehead atoms. The molecule has 1 aromatic carbocycles. The van der Waals surface area contributed by atoms with E-state index in [1.54, 1.807) is 0 Å². The number of nitrogens with zero attached hydrogens (tertiary/aromatic N) is 1. The molecule has 0 aliphatic heterocycles. The van der Waals surface area contributed by atoms with Gasteiger partial charge in [0.1, 0.15) is 0 Å². The molecule has 1 aromatic rings. The first kappa shape index (κ1) is 25.8. The monoisotopic (exact) mass is 407 g/mol. The molecule has 21 heavy (non-hydrogen) atoms. The highest BCUT2D eigenvalue weighted by Gasteiger charge is 2.23. The van der Waals surface area contributed by atoms with Gasteiger partial charge in [-0.3, -0.25) is 0 Å². The Hall–Kier alpha value is -0.0900. The lowest BCUT2D eigenvalue weighted by Crippen LogP contribution is -2.32. The molecule has 0 unspecified atom stereocenters. The normalized spacial score (nSPS) is 19.8. The van der Waals surface area contributed by atoms with Crippen molar-refractivity contribution in [2.75, 3.05) is 14.1 Å². The minimum absolute atomic E-state index is 0. The predicted molar refractivity (Wildman–Crippen MR) is 110 cm³/mol. The van der Waals surface area contributed by atoms with Gasteiger partial charge in [-0.05, 0) is 44.8 Å². The molecule has 2 rings (SSSR count). The summed E-state index contributed by atoms with van der Waals surface area (Å²) in [6.45, 7) is 8.00. The maximum atomic E-state index is 2.38. The van der Waals surface area contributed by atoms with Crippen molar-refractivity contribution < 1.29 is 0 Å². The highest BCUT2D eigenvalue weighted by molar-refractivity contribution is 14.0. The second-order valence-electron chi connectivity index (χ2n) is 4.89. The van der Waals surface area contributed by atoms with Crippen LogP contribution in [0.1, 0.15) is 72.3 Å². The number of hydrogen-bond donors (Lipinski definition) is 0. The summed E-state index contributed by atoms with van der Waals surface area (Å²) >= 11 is 0. The third-order valence-corrected chi connectivity index (χ3v) is 3.65. The van der Waals surface area contributed by atoms with Crippen LogP contribution >= 0.6 is 24.0 Å². The van der Waals surface area contributed by atoms with Gasteiger partial charge in [-0.15, -0.1) is 24.0 Å². The molecule has 126 valence electrons. The van der Waals surface area contributed by atoms with E-state index in [4.69, 9.17) is 0 Å². The summed E-state index contributed by atoms with van der Waals surface area (Å²) in [6.07, 6.45) is 5.45. The third-order valence-electron chi connectivity index (χ3n) is 3.65. The van der Waals surface area contributed by atoms with Crippen molar-refractivity contribution in [3.63, 3.8) is 0 Å². The van der Waals surface area contributed by atoms with Crippen molar-refractivity contribution in [2.24, 2.45) is 0 Å². The zero-order valence-corrected chi connectivity index (χ0v) is 16.6.